The predicted octanol–water partition coefficient (Wildman–Crippen LogP) is 1.82. The third kappa shape index (κ3) is 4.90. The van der Waals surface area contributed by atoms with Crippen LogP contribution in [-0.4, -0.2) is 18.3 Å². The Morgan fingerprint density at radius 3 is 2.73 bits per heavy atom. The standard InChI is InChI=1S/C8H14O2S/c1-3-4-5-10-8(9)7(2)6-11/h11H,2-6H2,1H3. The third-order valence-electron chi connectivity index (χ3n) is 1.21. The lowest BCUT2D eigenvalue weighted by molar-refractivity contribution is -0.138. The number of hydrogen-bond donors (Lipinski definition) is 1. The molecule has 0 saturated heterocycles. The minimum Gasteiger partial charge on any atom is -0.462 e. The van der Waals surface area contributed by atoms with E-state index in [1.165, 1.54) is 0 Å². The summed E-state index contributed by atoms with van der Waals surface area (Å²) in [5.74, 6) is 0.0405. The van der Waals surface area contributed by atoms with Gasteiger partial charge in [-0.15, -0.1) is 0 Å². The van der Waals surface area contributed by atoms with E-state index >= 15 is 0 Å². The van der Waals surface area contributed by atoms with Gasteiger partial charge in [-0.2, -0.15) is 12.6 Å². The Balaban J connectivity index is 3.44. The van der Waals surface area contributed by atoms with E-state index in [2.05, 4.69) is 19.2 Å². The summed E-state index contributed by atoms with van der Waals surface area (Å²) in [6.45, 7) is 6.03. The monoisotopic (exact) mass is 174 g/mol. The lowest BCUT2D eigenvalue weighted by atomic mass is 10.3. The van der Waals surface area contributed by atoms with E-state index in [1.807, 2.05) is 6.92 Å². The topological polar surface area (TPSA) is 26.3 Å². The van der Waals surface area contributed by atoms with Gasteiger partial charge in [-0.25, -0.2) is 4.79 Å². The first-order valence-electron chi connectivity index (χ1n) is 3.68. The molecule has 0 unspecified atom stereocenters. The van der Waals surface area contributed by atoms with E-state index in [9.17, 15) is 4.79 Å². The van der Waals surface area contributed by atoms with Gasteiger partial charge in [0, 0.05) is 11.3 Å². The second kappa shape index (κ2) is 6.28. The van der Waals surface area contributed by atoms with Gasteiger partial charge in [0.1, 0.15) is 0 Å². The van der Waals surface area contributed by atoms with Crippen LogP contribution in [0.2, 0.25) is 0 Å². The van der Waals surface area contributed by atoms with Crippen LogP contribution in [0.3, 0.4) is 0 Å². The third-order valence-corrected chi connectivity index (χ3v) is 1.59. The van der Waals surface area contributed by atoms with Crippen molar-refractivity contribution in [2.24, 2.45) is 0 Å². The van der Waals surface area contributed by atoms with Gasteiger partial charge in [0.05, 0.1) is 6.61 Å². The summed E-state index contributed by atoms with van der Waals surface area (Å²) >= 11 is 3.90. The van der Waals surface area contributed by atoms with E-state index < -0.39 is 0 Å². The first-order valence-corrected chi connectivity index (χ1v) is 4.31. The molecule has 0 aromatic heterocycles. The molecule has 0 atom stereocenters. The first-order chi connectivity index (χ1) is 5.22. The fourth-order valence-corrected chi connectivity index (χ4v) is 0.605. The van der Waals surface area contributed by atoms with Gasteiger partial charge >= 0.3 is 5.97 Å². The van der Waals surface area contributed by atoms with Crippen LogP contribution >= 0.6 is 12.6 Å². The zero-order valence-corrected chi connectivity index (χ0v) is 7.69. The average Bonchev–Trinajstić information content (AvgIpc) is 2.03. The summed E-state index contributed by atoms with van der Waals surface area (Å²) in [4.78, 5) is 10.9. The molecule has 0 amide bonds. The van der Waals surface area contributed by atoms with Crippen molar-refractivity contribution in [1.29, 1.82) is 0 Å². The van der Waals surface area contributed by atoms with E-state index in [4.69, 9.17) is 4.74 Å². The molecule has 0 fully saturated rings. The summed E-state index contributed by atoms with van der Waals surface area (Å²) in [7, 11) is 0. The molecule has 0 aliphatic heterocycles. The number of thiol groups is 1. The zero-order chi connectivity index (χ0) is 8.69. The van der Waals surface area contributed by atoms with Crippen molar-refractivity contribution in [3.63, 3.8) is 0 Å². The fourth-order valence-electron chi connectivity index (χ4n) is 0.476. The summed E-state index contributed by atoms with van der Waals surface area (Å²) in [6, 6.07) is 0. The van der Waals surface area contributed by atoms with Crippen LogP contribution in [0, 0.1) is 0 Å². The van der Waals surface area contributed by atoms with Crippen molar-refractivity contribution in [3.8, 4) is 0 Å². The molecule has 3 heteroatoms. The van der Waals surface area contributed by atoms with Gasteiger partial charge in [-0.3, -0.25) is 0 Å². The highest BCUT2D eigenvalue weighted by molar-refractivity contribution is 7.80. The van der Waals surface area contributed by atoms with Crippen molar-refractivity contribution >= 4 is 18.6 Å². The molecule has 0 aliphatic rings. The number of carbonyl (C=O) groups is 1. The molecule has 0 saturated carbocycles. The lowest BCUT2D eigenvalue weighted by Crippen LogP contribution is -2.08. The molecule has 0 rings (SSSR count). The van der Waals surface area contributed by atoms with Gasteiger partial charge in [0.15, 0.2) is 0 Å². The van der Waals surface area contributed by atoms with Crippen LogP contribution in [0.1, 0.15) is 19.8 Å². The molecule has 0 bridgehead atoms. The summed E-state index contributed by atoms with van der Waals surface area (Å²) < 4.78 is 4.85. The highest BCUT2D eigenvalue weighted by atomic mass is 32.1. The van der Waals surface area contributed by atoms with Crippen molar-refractivity contribution in [2.45, 2.75) is 19.8 Å². The maximum atomic E-state index is 10.9. The van der Waals surface area contributed by atoms with Crippen LogP contribution < -0.4 is 0 Å². The van der Waals surface area contributed by atoms with Gasteiger partial charge in [-0.05, 0) is 6.42 Å². The summed E-state index contributed by atoms with van der Waals surface area (Å²) in [5.41, 5.74) is 0.421. The molecule has 0 aromatic rings. The number of hydrogen-bond acceptors (Lipinski definition) is 3. The average molecular weight is 174 g/mol. The first kappa shape index (κ1) is 10.6. The fraction of sp³-hybridized carbons (Fsp3) is 0.625. The maximum Gasteiger partial charge on any atom is 0.334 e. The number of carbonyl (C=O) groups excluding carboxylic acids is 1. The highest BCUT2D eigenvalue weighted by Crippen LogP contribution is 1.98. The Hall–Kier alpha value is -0.440. The summed E-state index contributed by atoms with van der Waals surface area (Å²) in [6.07, 6.45) is 1.94. The molecule has 0 radical (unpaired) electrons. The maximum absolute atomic E-state index is 10.9. The normalized spacial score (nSPS) is 9.27. The van der Waals surface area contributed by atoms with E-state index in [0.717, 1.165) is 12.8 Å². The van der Waals surface area contributed by atoms with Crippen molar-refractivity contribution < 1.29 is 9.53 Å². The molecule has 0 aromatic carbocycles. The van der Waals surface area contributed by atoms with Gasteiger partial charge in [0.25, 0.3) is 0 Å². The van der Waals surface area contributed by atoms with Crippen LogP contribution in [0.4, 0.5) is 0 Å². The Morgan fingerprint density at radius 2 is 2.27 bits per heavy atom. The molecule has 0 N–H and O–H groups in total. The van der Waals surface area contributed by atoms with Gasteiger partial charge in [-0.1, -0.05) is 19.9 Å². The Kier molecular flexibility index (Phi) is 6.03. The van der Waals surface area contributed by atoms with E-state index in [1.54, 1.807) is 0 Å². The molecular weight excluding hydrogens is 160 g/mol. The number of rotatable bonds is 5. The lowest BCUT2D eigenvalue weighted by Gasteiger charge is -2.03. The molecule has 11 heavy (non-hydrogen) atoms. The van der Waals surface area contributed by atoms with Crippen LogP contribution in [0.5, 0.6) is 0 Å². The Morgan fingerprint density at radius 1 is 1.64 bits per heavy atom. The molecule has 0 spiro atoms. The quantitative estimate of drug-likeness (QED) is 0.298. The van der Waals surface area contributed by atoms with Crippen molar-refractivity contribution in [3.05, 3.63) is 12.2 Å². The van der Waals surface area contributed by atoms with Crippen LogP contribution in [-0.2, 0) is 9.53 Å². The second-order valence-corrected chi connectivity index (χ2v) is 2.57. The second-order valence-electron chi connectivity index (χ2n) is 2.25. The summed E-state index contributed by atoms with van der Waals surface area (Å²) in [5, 5.41) is 0. The number of esters is 1. The number of unbranched alkanes of at least 4 members (excludes halogenated alkanes) is 1. The largest absolute Gasteiger partial charge is 0.462 e. The molecule has 0 aliphatic carbocycles. The number of ether oxygens (including phenoxy) is 1. The Bertz CT molecular complexity index is 143. The van der Waals surface area contributed by atoms with Gasteiger partial charge in [0.2, 0.25) is 0 Å². The molecule has 64 valence electrons. The van der Waals surface area contributed by atoms with Crippen molar-refractivity contribution in [2.75, 3.05) is 12.4 Å². The Labute approximate surface area is 73.0 Å². The van der Waals surface area contributed by atoms with E-state index in [-0.39, 0.29) is 5.97 Å². The van der Waals surface area contributed by atoms with E-state index in [0.29, 0.717) is 17.9 Å². The van der Waals surface area contributed by atoms with Crippen molar-refractivity contribution in [1.82, 2.24) is 0 Å². The molecule has 2 nitrogen and oxygen atoms in total. The predicted molar refractivity (Wildman–Crippen MR) is 48.9 cm³/mol. The minimum atomic E-state index is -0.326. The van der Waals surface area contributed by atoms with Crippen LogP contribution in [0.25, 0.3) is 0 Å². The minimum absolute atomic E-state index is 0.326. The highest BCUT2D eigenvalue weighted by Gasteiger charge is 2.04. The van der Waals surface area contributed by atoms with Crippen LogP contribution in [0.15, 0.2) is 12.2 Å². The smallest absolute Gasteiger partial charge is 0.334 e. The molecule has 0 heterocycles. The zero-order valence-electron chi connectivity index (χ0n) is 6.80. The molecular formula is C8H14O2S. The van der Waals surface area contributed by atoms with Gasteiger partial charge < -0.3 is 4.74 Å². The SMILES string of the molecule is C=C(CS)C(=O)OCCCC.